The summed E-state index contributed by atoms with van der Waals surface area (Å²) >= 11 is 0. The number of nitriles is 1. The lowest BCUT2D eigenvalue weighted by atomic mass is 9.98. The van der Waals surface area contributed by atoms with Gasteiger partial charge in [0.05, 0.1) is 25.8 Å². The van der Waals surface area contributed by atoms with Crippen molar-refractivity contribution in [2.24, 2.45) is 0 Å². The molecule has 3 heterocycles. The van der Waals surface area contributed by atoms with Crippen LogP contribution in [0, 0.1) is 11.3 Å². The molecule has 2 unspecified atom stereocenters. The zero-order chi connectivity index (χ0) is 18.0. The number of nitrogens with zero attached hydrogens (tertiary/aromatic N) is 3. The molecule has 3 saturated heterocycles. The van der Waals surface area contributed by atoms with Gasteiger partial charge >= 0.3 is 6.09 Å². The number of amides is 2. The summed E-state index contributed by atoms with van der Waals surface area (Å²) in [5.41, 5.74) is 0. The van der Waals surface area contributed by atoms with Crippen molar-refractivity contribution in [3.05, 3.63) is 0 Å². The van der Waals surface area contributed by atoms with Crippen LogP contribution < -0.4 is 5.32 Å². The van der Waals surface area contributed by atoms with Crippen LogP contribution in [0.25, 0.3) is 0 Å². The second-order valence-corrected chi connectivity index (χ2v) is 7.06. The molecule has 0 spiro atoms. The van der Waals surface area contributed by atoms with E-state index in [0.29, 0.717) is 6.61 Å². The lowest BCUT2D eigenvalue weighted by molar-refractivity contribution is -0.130. The Bertz CT molecular complexity index is 559. The van der Waals surface area contributed by atoms with Crippen molar-refractivity contribution in [3.8, 4) is 6.07 Å². The molecule has 7 nitrogen and oxygen atoms in total. The minimum absolute atomic E-state index is 0. The Morgan fingerprint density at radius 1 is 1.27 bits per heavy atom. The number of piperidine rings is 1. The molecule has 9 heteroatoms. The molecule has 3 rings (SSSR count). The number of halogens is 2. The van der Waals surface area contributed by atoms with Gasteiger partial charge in [0.15, 0.2) is 0 Å². The molecule has 4 atom stereocenters. The number of carbonyl (C=O) groups is 2. The number of rotatable bonds is 4. The minimum atomic E-state index is -1.11. The SMILES string of the molecule is CCOC(=O)N1C2CCC1CC(NCC(=O)N1C[C@@H](F)C[C@H]1C#N)C2.Cl. The van der Waals surface area contributed by atoms with Crippen LogP contribution in [0.15, 0.2) is 0 Å². The number of alkyl halides is 1. The molecule has 2 amide bonds. The van der Waals surface area contributed by atoms with Gasteiger partial charge < -0.3 is 19.9 Å². The van der Waals surface area contributed by atoms with Crippen molar-refractivity contribution in [2.75, 3.05) is 19.7 Å². The maximum atomic E-state index is 13.4. The highest BCUT2D eigenvalue weighted by atomic mass is 35.5. The van der Waals surface area contributed by atoms with Crippen molar-refractivity contribution < 1.29 is 18.7 Å². The first-order valence-corrected chi connectivity index (χ1v) is 9.05. The third kappa shape index (κ3) is 4.21. The van der Waals surface area contributed by atoms with E-state index in [1.165, 1.54) is 4.90 Å². The summed E-state index contributed by atoms with van der Waals surface area (Å²) in [7, 11) is 0. The molecule has 2 bridgehead atoms. The van der Waals surface area contributed by atoms with Crippen molar-refractivity contribution in [1.29, 1.82) is 5.26 Å². The Kier molecular flexibility index (Phi) is 7.07. The van der Waals surface area contributed by atoms with Crippen LogP contribution in [0.5, 0.6) is 0 Å². The first kappa shape index (κ1) is 20.7. The second-order valence-electron chi connectivity index (χ2n) is 7.06. The average molecular weight is 389 g/mol. The van der Waals surface area contributed by atoms with E-state index in [9.17, 15) is 14.0 Å². The summed E-state index contributed by atoms with van der Waals surface area (Å²) in [6.45, 7) is 2.28. The number of ether oxygens (including phenoxy) is 1. The summed E-state index contributed by atoms with van der Waals surface area (Å²) in [5, 5.41) is 12.3. The molecular weight excluding hydrogens is 363 g/mol. The smallest absolute Gasteiger partial charge is 0.410 e. The molecule has 0 aromatic rings. The summed E-state index contributed by atoms with van der Waals surface area (Å²) < 4.78 is 18.6. The van der Waals surface area contributed by atoms with Crippen LogP contribution in [-0.2, 0) is 9.53 Å². The summed E-state index contributed by atoms with van der Waals surface area (Å²) in [6.07, 6.45) is 2.24. The van der Waals surface area contributed by atoms with E-state index in [1.807, 2.05) is 11.0 Å². The highest BCUT2D eigenvalue weighted by Gasteiger charge is 2.44. The first-order valence-electron chi connectivity index (χ1n) is 9.05. The maximum Gasteiger partial charge on any atom is 0.410 e. The Labute approximate surface area is 159 Å². The lowest BCUT2D eigenvalue weighted by Gasteiger charge is -2.38. The van der Waals surface area contributed by atoms with Crippen LogP contribution in [0.1, 0.15) is 39.0 Å². The van der Waals surface area contributed by atoms with Gasteiger partial charge in [-0.05, 0) is 32.6 Å². The Balaban J connectivity index is 0.00000243. The molecule has 0 aliphatic carbocycles. The molecule has 0 radical (unpaired) electrons. The Morgan fingerprint density at radius 2 is 1.92 bits per heavy atom. The van der Waals surface area contributed by atoms with E-state index in [1.54, 1.807) is 6.92 Å². The van der Waals surface area contributed by atoms with E-state index in [2.05, 4.69) is 5.32 Å². The van der Waals surface area contributed by atoms with Gasteiger partial charge in [-0.2, -0.15) is 5.26 Å². The number of carbonyl (C=O) groups excluding carboxylic acids is 2. The minimum Gasteiger partial charge on any atom is -0.450 e. The third-order valence-corrected chi connectivity index (χ3v) is 5.47. The predicted molar refractivity (Wildman–Crippen MR) is 94.6 cm³/mol. The Morgan fingerprint density at radius 3 is 2.50 bits per heavy atom. The molecular formula is C17H26ClFN4O3. The Hall–Kier alpha value is -1.59. The second kappa shape index (κ2) is 8.87. The van der Waals surface area contributed by atoms with E-state index in [4.69, 9.17) is 10.00 Å². The van der Waals surface area contributed by atoms with Crippen LogP contribution in [0.3, 0.4) is 0 Å². The zero-order valence-corrected chi connectivity index (χ0v) is 15.7. The fourth-order valence-electron chi connectivity index (χ4n) is 4.36. The van der Waals surface area contributed by atoms with Gasteiger partial charge in [0.2, 0.25) is 5.91 Å². The zero-order valence-electron chi connectivity index (χ0n) is 14.9. The van der Waals surface area contributed by atoms with Gasteiger partial charge in [-0.25, -0.2) is 9.18 Å². The van der Waals surface area contributed by atoms with Gasteiger partial charge in [-0.3, -0.25) is 4.79 Å². The van der Waals surface area contributed by atoms with Crippen molar-refractivity contribution in [3.63, 3.8) is 0 Å². The van der Waals surface area contributed by atoms with Crippen LogP contribution in [0.4, 0.5) is 9.18 Å². The lowest BCUT2D eigenvalue weighted by Crippen LogP contribution is -2.53. The number of nitrogens with one attached hydrogen (secondary N) is 1. The number of hydrogen-bond acceptors (Lipinski definition) is 5. The topological polar surface area (TPSA) is 85.7 Å². The molecule has 0 aromatic heterocycles. The predicted octanol–water partition coefficient (Wildman–Crippen LogP) is 1.61. The van der Waals surface area contributed by atoms with Crippen molar-refractivity contribution >= 4 is 24.4 Å². The molecule has 3 aliphatic rings. The molecule has 3 aliphatic heterocycles. The monoisotopic (exact) mass is 388 g/mol. The first-order chi connectivity index (χ1) is 12.0. The molecule has 3 fully saturated rings. The van der Waals surface area contributed by atoms with Gasteiger partial charge in [-0.15, -0.1) is 12.4 Å². The standard InChI is InChI=1S/C17H25FN4O3.ClH/c1-2-25-17(24)22-13-3-4-14(22)7-12(6-13)20-9-16(23)21-10-11(18)5-15(21)8-19;/h11-15,20H,2-7,9-10H2,1H3;1H/t11-,12?,13?,14?,15-;/m0./s1. The van der Waals surface area contributed by atoms with E-state index in [-0.39, 0.29) is 62.0 Å². The summed E-state index contributed by atoms with van der Waals surface area (Å²) in [6, 6.07) is 1.79. The normalized spacial score (nSPS) is 32.7. The molecule has 146 valence electrons. The fraction of sp³-hybridized carbons (Fsp3) is 0.824. The van der Waals surface area contributed by atoms with Crippen LogP contribution in [0.2, 0.25) is 0 Å². The molecule has 1 N–H and O–H groups in total. The van der Waals surface area contributed by atoms with E-state index < -0.39 is 12.2 Å². The molecule has 0 saturated carbocycles. The average Bonchev–Trinajstić information content (AvgIpc) is 3.10. The van der Waals surface area contributed by atoms with Gasteiger partial charge in [0.1, 0.15) is 12.2 Å². The largest absolute Gasteiger partial charge is 0.450 e. The maximum absolute atomic E-state index is 13.4. The van der Waals surface area contributed by atoms with Crippen molar-refractivity contribution in [1.82, 2.24) is 15.1 Å². The van der Waals surface area contributed by atoms with Gasteiger partial charge in [0, 0.05) is 24.5 Å². The number of likely N-dealkylation sites (tertiary alicyclic amines) is 1. The van der Waals surface area contributed by atoms with E-state index >= 15 is 0 Å². The molecule has 26 heavy (non-hydrogen) atoms. The van der Waals surface area contributed by atoms with Crippen LogP contribution in [-0.4, -0.2) is 71.8 Å². The number of fused-ring (bicyclic) bond motifs is 2. The molecule has 0 aromatic carbocycles. The quantitative estimate of drug-likeness (QED) is 0.790. The van der Waals surface area contributed by atoms with Crippen LogP contribution >= 0.6 is 12.4 Å². The van der Waals surface area contributed by atoms with E-state index in [0.717, 1.165) is 25.7 Å². The fourth-order valence-corrected chi connectivity index (χ4v) is 4.36. The highest BCUT2D eigenvalue weighted by Crippen LogP contribution is 2.36. The van der Waals surface area contributed by atoms with Gasteiger partial charge in [0.25, 0.3) is 0 Å². The number of hydrogen-bond donors (Lipinski definition) is 1. The summed E-state index contributed by atoms with van der Waals surface area (Å²) in [4.78, 5) is 27.5. The summed E-state index contributed by atoms with van der Waals surface area (Å²) in [5.74, 6) is -0.230. The van der Waals surface area contributed by atoms with Crippen molar-refractivity contribution in [2.45, 2.75) is 69.4 Å². The van der Waals surface area contributed by atoms with Gasteiger partial charge in [-0.1, -0.05) is 0 Å². The third-order valence-electron chi connectivity index (χ3n) is 5.47. The highest BCUT2D eigenvalue weighted by molar-refractivity contribution is 5.85.